The Labute approximate surface area is 103 Å². The Morgan fingerprint density at radius 3 is 2.27 bits per heavy atom. The van der Waals surface area contributed by atoms with Gasteiger partial charge in [0.2, 0.25) is 9.04 Å². The van der Waals surface area contributed by atoms with Crippen molar-refractivity contribution in [2.45, 2.75) is 39.3 Å². The van der Waals surface area contributed by atoms with E-state index in [4.69, 9.17) is 4.43 Å². The first-order valence-electron chi connectivity index (χ1n) is 5.27. The van der Waals surface area contributed by atoms with Gasteiger partial charge in [0.1, 0.15) is 5.75 Å². The van der Waals surface area contributed by atoms with Crippen molar-refractivity contribution in [1.82, 2.24) is 0 Å². The van der Waals surface area contributed by atoms with Crippen LogP contribution in [0.25, 0.3) is 0 Å². The van der Waals surface area contributed by atoms with Gasteiger partial charge in [-0.05, 0) is 42.3 Å². The zero-order valence-electron chi connectivity index (χ0n) is 10.1. The van der Waals surface area contributed by atoms with E-state index in [1.54, 1.807) is 0 Å². The highest BCUT2D eigenvalue weighted by Gasteiger charge is 2.19. The molecule has 0 fully saturated rings. The van der Waals surface area contributed by atoms with Crippen LogP contribution in [0.15, 0.2) is 22.7 Å². The van der Waals surface area contributed by atoms with E-state index >= 15 is 0 Å². The summed E-state index contributed by atoms with van der Waals surface area (Å²) in [4.78, 5) is 0. The Kier molecular flexibility index (Phi) is 4.01. The topological polar surface area (TPSA) is 9.23 Å². The lowest BCUT2D eigenvalue weighted by atomic mass is 9.86. The predicted octanol–water partition coefficient (Wildman–Crippen LogP) is 4.11. The third-order valence-corrected chi connectivity index (χ3v) is 3.33. The van der Waals surface area contributed by atoms with Crippen molar-refractivity contribution in [3.05, 3.63) is 28.2 Å². The van der Waals surface area contributed by atoms with Crippen LogP contribution in [0.3, 0.4) is 0 Å². The van der Waals surface area contributed by atoms with Crippen molar-refractivity contribution < 1.29 is 4.43 Å². The van der Waals surface area contributed by atoms with Gasteiger partial charge in [-0.1, -0.05) is 36.7 Å². The van der Waals surface area contributed by atoms with Gasteiger partial charge >= 0.3 is 0 Å². The lowest BCUT2D eigenvalue weighted by Gasteiger charge is -2.24. The van der Waals surface area contributed by atoms with Crippen LogP contribution in [-0.4, -0.2) is 9.04 Å². The van der Waals surface area contributed by atoms with Crippen LogP contribution in [0.5, 0.6) is 5.75 Å². The maximum Gasteiger partial charge on any atom is 0.229 e. The molecule has 1 rings (SSSR count). The number of rotatable bonds is 2. The van der Waals surface area contributed by atoms with Gasteiger partial charge in [0.05, 0.1) is 0 Å². The second-order valence-electron chi connectivity index (χ2n) is 5.06. The van der Waals surface area contributed by atoms with Crippen LogP contribution in [0, 0.1) is 0 Å². The van der Waals surface area contributed by atoms with Gasteiger partial charge < -0.3 is 4.43 Å². The summed E-state index contributed by atoms with van der Waals surface area (Å²) in [5.74, 6) is 1.05. The Hall–Kier alpha value is -0.283. The molecule has 0 radical (unpaired) electrons. The fourth-order valence-corrected chi connectivity index (χ4v) is 2.52. The van der Waals surface area contributed by atoms with E-state index < -0.39 is 9.04 Å². The minimum atomic E-state index is -1.03. The Morgan fingerprint density at radius 1 is 1.20 bits per heavy atom. The molecule has 1 nitrogen and oxygen atoms in total. The number of hydrogen-bond acceptors (Lipinski definition) is 1. The van der Waals surface area contributed by atoms with Crippen LogP contribution in [0.2, 0.25) is 13.1 Å². The van der Waals surface area contributed by atoms with E-state index in [-0.39, 0.29) is 5.41 Å². The van der Waals surface area contributed by atoms with E-state index in [1.165, 1.54) is 5.56 Å². The fraction of sp³-hybridized carbons (Fsp3) is 0.500. The molecule has 3 heteroatoms. The zero-order valence-corrected chi connectivity index (χ0v) is 12.8. The summed E-state index contributed by atoms with van der Waals surface area (Å²) >= 11 is 3.51. The molecule has 0 aromatic heterocycles. The van der Waals surface area contributed by atoms with Crippen LogP contribution in [0.1, 0.15) is 26.3 Å². The molecule has 0 N–H and O–H groups in total. The Bertz CT molecular complexity index is 342. The summed E-state index contributed by atoms with van der Waals surface area (Å²) in [6, 6.07) is 6.27. The fourth-order valence-electron chi connectivity index (χ4n) is 1.45. The van der Waals surface area contributed by atoms with Gasteiger partial charge in [-0.15, -0.1) is 0 Å². The van der Waals surface area contributed by atoms with E-state index in [1.807, 2.05) is 6.07 Å². The third kappa shape index (κ3) is 3.65. The van der Waals surface area contributed by atoms with Crippen molar-refractivity contribution >= 4 is 25.0 Å². The molecule has 15 heavy (non-hydrogen) atoms. The number of benzene rings is 1. The first-order valence-corrected chi connectivity index (χ1v) is 8.85. The zero-order chi connectivity index (χ0) is 11.6. The first kappa shape index (κ1) is 12.8. The van der Waals surface area contributed by atoms with Crippen LogP contribution in [-0.2, 0) is 5.41 Å². The van der Waals surface area contributed by atoms with Crippen molar-refractivity contribution in [3.8, 4) is 5.75 Å². The smallest absolute Gasteiger partial charge is 0.229 e. The molecule has 0 spiro atoms. The largest absolute Gasteiger partial charge is 0.547 e. The van der Waals surface area contributed by atoms with Gasteiger partial charge in [-0.25, -0.2) is 0 Å². The summed E-state index contributed by atoms with van der Waals surface area (Å²) in [6.07, 6.45) is 0. The van der Waals surface area contributed by atoms with Crippen LogP contribution < -0.4 is 4.43 Å². The lowest BCUT2D eigenvalue weighted by Crippen LogP contribution is -2.18. The monoisotopic (exact) mass is 286 g/mol. The molecule has 0 unspecified atom stereocenters. The average molecular weight is 287 g/mol. The van der Waals surface area contributed by atoms with Crippen molar-refractivity contribution in [2.75, 3.05) is 0 Å². The van der Waals surface area contributed by atoms with Crippen LogP contribution in [0.4, 0.5) is 0 Å². The van der Waals surface area contributed by atoms with E-state index in [0.29, 0.717) is 0 Å². The molecule has 0 saturated carbocycles. The molecule has 0 atom stereocenters. The van der Waals surface area contributed by atoms with Gasteiger partial charge in [0.15, 0.2) is 0 Å². The van der Waals surface area contributed by atoms with Crippen molar-refractivity contribution in [2.24, 2.45) is 0 Å². The lowest BCUT2D eigenvalue weighted by molar-refractivity contribution is 0.520. The van der Waals surface area contributed by atoms with Crippen molar-refractivity contribution in [3.63, 3.8) is 0 Å². The highest BCUT2D eigenvalue weighted by Crippen LogP contribution is 2.33. The second kappa shape index (κ2) is 4.70. The summed E-state index contributed by atoms with van der Waals surface area (Å²) in [7, 11) is -1.03. The summed E-state index contributed by atoms with van der Waals surface area (Å²) in [5.41, 5.74) is 1.40. The highest BCUT2D eigenvalue weighted by atomic mass is 79.9. The van der Waals surface area contributed by atoms with Gasteiger partial charge in [-0.2, -0.15) is 0 Å². The quantitative estimate of drug-likeness (QED) is 0.744. The van der Waals surface area contributed by atoms with Gasteiger partial charge in [-0.3, -0.25) is 0 Å². The SMILES string of the molecule is C[SiH](C)Oc1ccc(Br)cc1C(C)(C)C. The average Bonchev–Trinajstić information content (AvgIpc) is 2.05. The number of hydrogen-bond donors (Lipinski definition) is 0. The third-order valence-electron chi connectivity index (χ3n) is 2.11. The van der Waals surface area contributed by atoms with Gasteiger partial charge in [0.25, 0.3) is 0 Å². The van der Waals surface area contributed by atoms with Crippen LogP contribution >= 0.6 is 15.9 Å². The van der Waals surface area contributed by atoms with E-state index in [0.717, 1.165) is 10.2 Å². The molecule has 0 aliphatic carbocycles. The molecule has 0 aliphatic heterocycles. The first-order chi connectivity index (χ1) is 6.80. The maximum absolute atomic E-state index is 5.94. The predicted molar refractivity (Wildman–Crippen MR) is 72.3 cm³/mol. The molecule has 84 valence electrons. The van der Waals surface area contributed by atoms with E-state index in [2.05, 4.69) is 61.9 Å². The summed E-state index contributed by atoms with van der Waals surface area (Å²) in [6.45, 7) is 11.0. The number of halogens is 1. The standard InChI is InChI=1S/C12H19BrOSi/c1-12(2,3)10-8-9(13)6-7-11(10)14-15(4)5/h6-8,15H,1-5H3. The molecule has 0 amide bonds. The Morgan fingerprint density at radius 2 is 1.80 bits per heavy atom. The molecule has 0 saturated heterocycles. The Balaban J connectivity index is 3.15. The highest BCUT2D eigenvalue weighted by molar-refractivity contribution is 9.10. The minimum absolute atomic E-state index is 0.127. The molecule has 1 aromatic rings. The molecular formula is C12H19BrOSi. The van der Waals surface area contributed by atoms with Crippen molar-refractivity contribution in [1.29, 1.82) is 0 Å². The molecule has 0 aliphatic rings. The molecule has 0 heterocycles. The van der Waals surface area contributed by atoms with E-state index in [9.17, 15) is 0 Å². The summed E-state index contributed by atoms with van der Waals surface area (Å²) < 4.78 is 7.06. The maximum atomic E-state index is 5.94. The second-order valence-corrected chi connectivity index (χ2v) is 8.31. The molecule has 1 aromatic carbocycles. The molecular weight excluding hydrogens is 268 g/mol. The normalized spacial score (nSPS) is 11.9. The molecule has 0 bridgehead atoms. The summed E-state index contributed by atoms with van der Waals surface area (Å²) in [5, 5.41) is 0. The van der Waals surface area contributed by atoms with Gasteiger partial charge in [0, 0.05) is 4.47 Å². The minimum Gasteiger partial charge on any atom is -0.547 e.